The number of carbonyl (C=O) groups excluding carboxylic acids is 1. The predicted molar refractivity (Wildman–Crippen MR) is 117 cm³/mol. The zero-order chi connectivity index (χ0) is 21.0. The normalized spacial score (nSPS) is 20.1. The second-order valence-electron chi connectivity index (χ2n) is 8.65. The predicted octanol–water partition coefficient (Wildman–Crippen LogP) is 4.49. The van der Waals surface area contributed by atoms with E-state index in [-0.39, 0.29) is 5.97 Å². The topological polar surface area (TPSA) is 51.7 Å². The zero-order valence-electron chi connectivity index (χ0n) is 18.1. The molecule has 2 heterocycles. The quantitative estimate of drug-likeness (QED) is 0.603. The van der Waals surface area contributed by atoms with Crippen molar-refractivity contribution in [2.75, 3.05) is 32.8 Å². The first kappa shape index (κ1) is 20.9. The minimum Gasteiger partial charge on any atom is -0.493 e. The summed E-state index contributed by atoms with van der Waals surface area (Å²) in [6.45, 7) is 7.64. The number of ether oxygens (including phenoxy) is 2. The molecule has 160 valence electrons. The van der Waals surface area contributed by atoms with Crippen LogP contribution in [-0.2, 0) is 9.53 Å². The minimum atomic E-state index is -0.0990. The molecule has 1 aliphatic carbocycles. The summed E-state index contributed by atoms with van der Waals surface area (Å²) in [5.74, 6) is 1.62. The smallest absolute Gasteiger partial charge is 0.320 e. The average Bonchev–Trinajstić information content (AvgIpc) is 3.43. The van der Waals surface area contributed by atoms with E-state index in [4.69, 9.17) is 9.47 Å². The van der Waals surface area contributed by atoms with E-state index in [9.17, 15) is 4.79 Å². The highest BCUT2D eigenvalue weighted by Gasteiger charge is 2.54. The Morgan fingerprint density at radius 1 is 1.23 bits per heavy atom. The Morgan fingerprint density at radius 2 is 2.07 bits per heavy atom. The molecular weight excluding hydrogens is 376 g/mol. The Kier molecular flexibility index (Phi) is 6.38. The van der Waals surface area contributed by atoms with Gasteiger partial charge in [0.05, 0.1) is 19.8 Å². The SMILES string of the molecule is CCOC(=O)CN1CCC2(CC1)CC2CCOc1cccc(-c2cccnc2)c1C. The summed E-state index contributed by atoms with van der Waals surface area (Å²) >= 11 is 0. The van der Waals surface area contributed by atoms with Crippen molar-refractivity contribution in [3.63, 3.8) is 0 Å². The Morgan fingerprint density at radius 3 is 2.80 bits per heavy atom. The summed E-state index contributed by atoms with van der Waals surface area (Å²) in [6.07, 6.45) is 8.48. The van der Waals surface area contributed by atoms with Crippen LogP contribution >= 0.6 is 0 Å². The Balaban J connectivity index is 1.25. The number of hydrogen-bond donors (Lipinski definition) is 0. The number of carbonyl (C=O) groups is 1. The summed E-state index contributed by atoms with van der Waals surface area (Å²) < 4.78 is 11.3. The van der Waals surface area contributed by atoms with Crippen LogP contribution in [0.2, 0.25) is 0 Å². The van der Waals surface area contributed by atoms with E-state index in [1.807, 2.05) is 19.2 Å². The molecule has 1 aliphatic heterocycles. The number of aromatic nitrogens is 1. The van der Waals surface area contributed by atoms with Crippen LogP contribution in [0.25, 0.3) is 11.1 Å². The number of nitrogens with zero attached hydrogens (tertiary/aromatic N) is 2. The summed E-state index contributed by atoms with van der Waals surface area (Å²) in [5, 5.41) is 0. The van der Waals surface area contributed by atoms with Gasteiger partial charge in [-0.25, -0.2) is 0 Å². The number of esters is 1. The summed E-state index contributed by atoms with van der Waals surface area (Å²) in [7, 11) is 0. The first-order chi connectivity index (χ1) is 14.6. The number of pyridine rings is 1. The molecule has 1 unspecified atom stereocenters. The zero-order valence-corrected chi connectivity index (χ0v) is 18.1. The third kappa shape index (κ3) is 4.67. The largest absolute Gasteiger partial charge is 0.493 e. The molecule has 0 N–H and O–H groups in total. The lowest BCUT2D eigenvalue weighted by atomic mass is 9.90. The Bertz CT molecular complexity index is 860. The molecule has 0 bridgehead atoms. The van der Waals surface area contributed by atoms with Crippen LogP contribution in [0.5, 0.6) is 5.75 Å². The van der Waals surface area contributed by atoms with Gasteiger partial charge in [0.1, 0.15) is 5.75 Å². The molecule has 4 rings (SSSR count). The van der Waals surface area contributed by atoms with E-state index >= 15 is 0 Å². The van der Waals surface area contributed by atoms with Crippen molar-refractivity contribution in [3.8, 4) is 16.9 Å². The third-order valence-electron chi connectivity index (χ3n) is 6.85. The minimum absolute atomic E-state index is 0.0990. The molecular formula is C25H32N2O3. The Hall–Kier alpha value is -2.40. The lowest BCUT2D eigenvalue weighted by Crippen LogP contribution is -2.39. The number of hydrogen-bond acceptors (Lipinski definition) is 5. The van der Waals surface area contributed by atoms with Crippen molar-refractivity contribution in [3.05, 3.63) is 48.3 Å². The van der Waals surface area contributed by atoms with Crippen molar-refractivity contribution in [2.24, 2.45) is 11.3 Å². The lowest BCUT2D eigenvalue weighted by molar-refractivity contribution is -0.144. The first-order valence-corrected chi connectivity index (χ1v) is 11.1. The molecule has 1 saturated carbocycles. The molecule has 1 aromatic carbocycles. The van der Waals surface area contributed by atoms with Gasteiger partial charge in [-0.15, -0.1) is 0 Å². The van der Waals surface area contributed by atoms with Crippen LogP contribution in [0, 0.1) is 18.3 Å². The molecule has 30 heavy (non-hydrogen) atoms. The molecule has 1 spiro atoms. The highest BCUT2D eigenvalue weighted by Crippen LogP contribution is 2.60. The summed E-state index contributed by atoms with van der Waals surface area (Å²) in [4.78, 5) is 18.2. The maximum atomic E-state index is 11.7. The van der Waals surface area contributed by atoms with Gasteiger partial charge >= 0.3 is 5.97 Å². The molecule has 2 fully saturated rings. The lowest BCUT2D eigenvalue weighted by Gasteiger charge is -2.32. The fourth-order valence-corrected chi connectivity index (χ4v) is 4.91. The molecule has 0 amide bonds. The molecule has 2 aromatic rings. The van der Waals surface area contributed by atoms with Crippen LogP contribution in [0.1, 0.15) is 38.2 Å². The van der Waals surface area contributed by atoms with Crippen LogP contribution in [0.4, 0.5) is 0 Å². The van der Waals surface area contributed by atoms with Crippen LogP contribution < -0.4 is 4.74 Å². The third-order valence-corrected chi connectivity index (χ3v) is 6.85. The van der Waals surface area contributed by atoms with Crippen LogP contribution in [0.15, 0.2) is 42.7 Å². The fraction of sp³-hybridized carbons (Fsp3) is 0.520. The van der Waals surface area contributed by atoms with Gasteiger partial charge in [-0.2, -0.15) is 0 Å². The Labute approximate surface area is 179 Å². The monoisotopic (exact) mass is 408 g/mol. The van der Waals surface area contributed by atoms with Crippen molar-refractivity contribution in [1.82, 2.24) is 9.88 Å². The highest BCUT2D eigenvalue weighted by atomic mass is 16.5. The van der Waals surface area contributed by atoms with E-state index in [1.54, 1.807) is 6.20 Å². The molecule has 1 atom stereocenters. The van der Waals surface area contributed by atoms with Gasteiger partial charge in [-0.3, -0.25) is 14.7 Å². The number of rotatable bonds is 8. The van der Waals surface area contributed by atoms with Gasteiger partial charge < -0.3 is 9.47 Å². The van der Waals surface area contributed by atoms with Gasteiger partial charge in [0.2, 0.25) is 0 Å². The first-order valence-electron chi connectivity index (χ1n) is 11.1. The molecule has 2 aliphatic rings. The second kappa shape index (κ2) is 9.17. The molecule has 0 radical (unpaired) electrons. The maximum absolute atomic E-state index is 11.7. The average molecular weight is 409 g/mol. The number of piperidine rings is 1. The van der Waals surface area contributed by atoms with Gasteiger partial charge in [0.25, 0.3) is 0 Å². The van der Waals surface area contributed by atoms with Crippen molar-refractivity contribution in [2.45, 2.75) is 39.5 Å². The summed E-state index contributed by atoms with van der Waals surface area (Å²) in [5.41, 5.74) is 3.96. The van der Waals surface area contributed by atoms with Crippen molar-refractivity contribution in [1.29, 1.82) is 0 Å². The van der Waals surface area contributed by atoms with E-state index in [0.29, 0.717) is 18.6 Å². The number of benzene rings is 1. The van der Waals surface area contributed by atoms with E-state index in [1.165, 1.54) is 30.4 Å². The van der Waals surface area contributed by atoms with Gasteiger partial charge in [-0.1, -0.05) is 18.2 Å². The van der Waals surface area contributed by atoms with Crippen LogP contribution in [-0.4, -0.2) is 48.7 Å². The molecule has 5 nitrogen and oxygen atoms in total. The number of likely N-dealkylation sites (tertiary alicyclic amines) is 1. The maximum Gasteiger partial charge on any atom is 0.320 e. The van der Waals surface area contributed by atoms with Gasteiger partial charge in [0, 0.05) is 18.0 Å². The molecule has 1 saturated heterocycles. The second-order valence-corrected chi connectivity index (χ2v) is 8.65. The standard InChI is InChI=1S/C25H32N2O3/c1-3-29-24(28)18-27-13-10-25(11-14-27)16-21(25)9-15-30-23-8-4-7-22(19(23)2)20-6-5-12-26-17-20/h4-8,12,17,21H,3,9-11,13-16,18H2,1-2H3. The highest BCUT2D eigenvalue weighted by molar-refractivity contribution is 5.71. The molecule has 1 aromatic heterocycles. The van der Waals surface area contributed by atoms with E-state index < -0.39 is 0 Å². The van der Waals surface area contributed by atoms with Gasteiger partial charge in [-0.05, 0) is 87.2 Å². The van der Waals surface area contributed by atoms with Crippen molar-refractivity contribution < 1.29 is 14.3 Å². The fourth-order valence-electron chi connectivity index (χ4n) is 4.91. The van der Waals surface area contributed by atoms with E-state index in [0.717, 1.165) is 43.3 Å². The van der Waals surface area contributed by atoms with E-state index in [2.05, 4.69) is 41.1 Å². The van der Waals surface area contributed by atoms with Gasteiger partial charge in [0.15, 0.2) is 0 Å². The van der Waals surface area contributed by atoms with Crippen LogP contribution in [0.3, 0.4) is 0 Å². The molecule has 5 heteroatoms. The summed E-state index contributed by atoms with van der Waals surface area (Å²) in [6, 6.07) is 10.3. The van der Waals surface area contributed by atoms with Crippen molar-refractivity contribution >= 4 is 5.97 Å².